The van der Waals surface area contributed by atoms with E-state index in [-0.39, 0.29) is 10.5 Å². The highest BCUT2D eigenvalue weighted by atomic mass is 32.2. The first-order valence-electron chi connectivity index (χ1n) is 8.04. The van der Waals surface area contributed by atoms with E-state index in [2.05, 4.69) is 27.3 Å². The van der Waals surface area contributed by atoms with Gasteiger partial charge in [0.05, 0.1) is 12.3 Å². The fraction of sp³-hybridized carbons (Fsp3) is 0.929. The van der Waals surface area contributed by atoms with Gasteiger partial charge in [-0.15, -0.1) is 0 Å². The topological polar surface area (TPSA) is 82.6 Å². The van der Waals surface area contributed by atoms with Gasteiger partial charge in [-0.25, -0.2) is 13.1 Å². The Morgan fingerprint density at radius 1 is 1.27 bits per heavy atom. The van der Waals surface area contributed by atoms with Crippen molar-refractivity contribution in [3.05, 3.63) is 0 Å². The zero-order valence-corrected chi connectivity index (χ0v) is 15.6. The minimum absolute atomic E-state index is 0.126. The van der Waals surface area contributed by atoms with Gasteiger partial charge in [0.15, 0.2) is 5.96 Å². The van der Waals surface area contributed by atoms with Crippen LogP contribution in [0.5, 0.6) is 0 Å². The van der Waals surface area contributed by atoms with Crippen LogP contribution < -0.4 is 15.4 Å². The smallest absolute Gasteiger partial charge is 0.211 e. The molecule has 6 nitrogen and oxygen atoms in total. The van der Waals surface area contributed by atoms with Crippen LogP contribution in [0.15, 0.2) is 4.99 Å². The molecule has 1 fully saturated rings. The normalized spacial score (nSPS) is 22.8. The van der Waals surface area contributed by atoms with Crippen LogP contribution in [0, 0.1) is 0 Å². The Labute approximate surface area is 139 Å². The number of hydrogen-bond donors (Lipinski definition) is 3. The summed E-state index contributed by atoms with van der Waals surface area (Å²) in [4.78, 5) is 4.66. The Morgan fingerprint density at radius 2 is 2.05 bits per heavy atom. The zero-order valence-electron chi connectivity index (χ0n) is 13.9. The van der Waals surface area contributed by atoms with Crippen LogP contribution in [0.4, 0.5) is 0 Å². The molecule has 0 aliphatic carbocycles. The zero-order chi connectivity index (χ0) is 16.5. The van der Waals surface area contributed by atoms with Gasteiger partial charge in [0.2, 0.25) is 10.0 Å². The van der Waals surface area contributed by atoms with Gasteiger partial charge in [-0.1, -0.05) is 0 Å². The van der Waals surface area contributed by atoms with E-state index in [0.29, 0.717) is 13.1 Å². The summed E-state index contributed by atoms with van der Waals surface area (Å²) in [6.45, 7) is 8.74. The summed E-state index contributed by atoms with van der Waals surface area (Å²) in [5, 5.41) is 6.49. The summed E-state index contributed by atoms with van der Waals surface area (Å²) < 4.78 is 25.5. The number of nitrogens with one attached hydrogen (secondary N) is 3. The van der Waals surface area contributed by atoms with Crippen molar-refractivity contribution in [2.45, 2.75) is 44.8 Å². The highest BCUT2D eigenvalue weighted by Gasteiger charge is 2.29. The number of hydrogen-bond acceptors (Lipinski definition) is 4. The predicted octanol–water partition coefficient (Wildman–Crippen LogP) is 1.16. The lowest BCUT2D eigenvalue weighted by Gasteiger charge is -2.21. The number of thioether (sulfide) groups is 1. The molecule has 0 radical (unpaired) electrons. The highest BCUT2D eigenvalue weighted by molar-refractivity contribution is 8.00. The predicted molar refractivity (Wildman–Crippen MR) is 96.2 cm³/mol. The molecular weight excluding hydrogens is 320 g/mol. The Balaban J connectivity index is 2.31. The second kappa shape index (κ2) is 9.62. The molecular formula is C14H30N4O2S2. The van der Waals surface area contributed by atoms with E-state index < -0.39 is 10.0 Å². The molecule has 8 heteroatoms. The van der Waals surface area contributed by atoms with Gasteiger partial charge in [-0.05, 0) is 45.8 Å². The molecule has 1 heterocycles. The molecule has 1 saturated heterocycles. The van der Waals surface area contributed by atoms with Gasteiger partial charge in [0.25, 0.3) is 0 Å². The van der Waals surface area contributed by atoms with Gasteiger partial charge in [0.1, 0.15) is 0 Å². The molecule has 0 amide bonds. The SMILES string of the molecule is CCNC(=NCC1(C)CCCS1)NCCCNS(=O)(=O)CC. The fourth-order valence-corrected chi connectivity index (χ4v) is 4.06. The molecule has 3 N–H and O–H groups in total. The summed E-state index contributed by atoms with van der Waals surface area (Å²) in [6, 6.07) is 0. The molecule has 1 unspecified atom stereocenters. The third kappa shape index (κ3) is 7.69. The second-order valence-corrected chi connectivity index (χ2v) is 9.45. The summed E-state index contributed by atoms with van der Waals surface area (Å²) >= 11 is 2.00. The molecule has 0 bridgehead atoms. The standard InChI is InChI=1S/C14H30N4O2S2/c1-4-15-13(17-12-14(3)8-6-11-21-14)16-9-7-10-18-22(19,20)5-2/h18H,4-12H2,1-3H3,(H2,15,16,17). The maximum absolute atomic E-state index is 11.3. The molecule has 22 heavy (non-hydrogen) atoms. The Kier molecular flexibility index (Phi) is 8.56. The third-order valence-electron chi connectivity index (χ3n) is 3.56. The van der Waals surface area contributed by atoms with Gasteiger partial charge >= 0.3 is 0 Å². The van der Waals surface area contributed by atoms with Crippen LogP contribution in [0.3, 0.4) is 0 Å². The third-order valence-corrected chi connectivity index (χ3v) is 6.49. The Morgan fingerprint density at radius 3 is 2.64 bits per heavy atom. The minimum atomic E-state index is -3.09. The highest BCUT2D eigenvalue weighted by Crippen LogP contribution is 2.37. The molecule has 1 aliphatic rings. The van der Waals surface area contributed by atoms with Crippen LogP contribution in [-0.4, -0.2) is 56.8 Å². The van der Waals surface area contributed by atoms with E-state index in [4.69, 9.17) is 0 Å². The molecule has 1 aliphatic heterocycles. The molecule has 0 spiro atoms. The number of rotatable bonds is 9. The summed E-state index contributed by atoms with van der Waals surface area (Å²) in [5.41, 5.74) is 0. The molecule has 1 rings (SSSR count). The number of nitrogens with zero attached hydrogens (tertiary/aromatic N) is 1. The first-order chi connectivity index (χ1) is 10.4. The van der Waals surface area contributed by atoms with E-state index in [1.54, 1.807) is 6.92 Å². The maximum atomic E-state index is 11.3. The van der Waals surface area contributed by atoms with E-state index in [1.165, 1.54) is 18.6 Å². The van der Waals surface area contributed by atoms with Gasteiger partial charge < -0.3 is 10.6 Å². The van der Waals surface area contributed by atoms with Crippen molar-refractivity contribution in [1.82, 2.24) is 15.4 Å². The molecule has 0 aromatic rings. The minimum Gasteiger partial charge on any atom is -0.357 e. The van der Waals surface area contributed by atoms with Crippen molar-refractivity contribution in [3.8, 4) is 0 Å². The summed E-state index contributed by atoms with van der Waals surface area (Å²) in [7, 11) is -3.09. The lowest BCUT2D eigenvalue weighted by atomic mass is 10.1. The average molecular weight is 351 g/mol. The van der Waals surface area contributed by atoms with Crippen molar-refractivity contribution in [1.29, 1.82) is 0 Å². The second-order valence-electron chi connectivity index (χ2n) is 5.68. The summed E-state index contributed by atoms with van der Waals surface area (Å²) in [5.74, 6) is 2.17. The summed E-state index contributed by atoms with van der Waals surface area (Å²) in [6.07, 6.45) is 3.23. The van der Waals surface area contributed by atoms with Crippen molar-refractivity contribution >= 4 is 27.7 Å². The maximum Gasteiger partial charge on any atom is 0.211 e. The van der Waals surface area contributed by atoms with Crippen molar-refractivity contribution in [2.24, 2.45) is 4.99 Å². The quantitative estimate of drug-likeness (QED) is 0.330. The van der Waals surface area contributed by atoms with Crippen LogP contribution in [-0.2, 0) is 10.0 Å². The number of sulfonamides is 1. The molecule has 1 atom stereocenters. The number of guanidine groups is 1. The average Bonchev–Trinajstić information content (AvgIpc) is 2.91. The van der Waals surface area contributed by atoms with Gasteiger partial charge in [-0.2, -0.15) is 11.8 Å². The van der Waals surface area contributed by atoms with Crippen LogP contribution in [0.25, 0.3) is 0 Å². The van der Waals surface area contributed by atoms with E-state index in [1.807, 2.05) is 18.7 Å². The Hall–Kier alpha value is -0.470. The van der Waals surface area contributed by atoms with Crippen LogP contribution in [0.2, 0.25) is 0 Å². The van der Waals surface area contributed by atoms with Gasteiger partial charge in [0, 0.05) is 24.4 Å². The molecule has 0 aromatic carbocycles. The molecule has 0 saturated carbocycles. The molecule has 130 valence electrons. The van der Waals surface area contributed by atoms with Crippen molar-refractivity contribution < 1.29 is 8.42 Å². The van der Waals surface area contributed by atoms with E-state index >= 15 is 0 Å². The van der Waals surface area contributed by atoms with Crippen molar-refractivity contribution in [3.63, 3.8) is 0 Å². The van der Waals surface area contributed by atoms with Gasteiger partial charge in [-0.3, -0.25) is 4.99 Å². The lowest BCUT2D eigenvalue weighted by Crippen LogP contribution is -2.40. The first kappa shape index (κ1) is 19.6. The Bertz CT molecular complexity index is 446. The lowest BCUT2D eigenvalue weighted by molar-refractivity contribution is 0.579. The van der Waals surface area contributed by atoms with Crippen LogP contribution in [0.1, 0.15) is 40.0 Å². The van der Waals surface area contributed by atoms with Crippen molar-refractivity contribution in [2.75, 3.05) is 37.7 Å². The fourth-order valence-electron chi connectivity index (χ4n) is 2.17. The van der Waals surface area contributed by atoms with E-state index in [9.17, 15) is 8.42 Å². The monoisotopic (exact) mass is 350 g/mol. The largest absolute Gasteiger partial charge is 0.357 e. The number of aliphatic imine (C=N–C) groups is 1. The van der Waals surface area contributed by atoms with E-state index in [0.717, 1.165) is 25.5 Å². The molecule has 0 aromatic heterocycles. The van der Waals surface area contributed by atoms with Crippen LogP contribution >= 0.6 is 11.8 Å². The first-order valence-corrected chi connectivity index (χ1v) is 10.7.